The number of hydrogen-bond acceptors (Lipinski definition) is 7. The van der Waals surface area contributed by atoms with Crippen molar-refractivity contribution in [2.75, 3.05) is 19.4 Å². The highest BCUT2D eigenvalue weighted by molar-refractivity contribution is 7.99. The third-order valence-electron chi connectivity index (χ3n) is 4.23. The van der Waals surface area contributed by atoms with Crippen molar-refractivity contribution in [3.05, 3.63) is 59.4 Å². The molecule has 0 saturated carbocycles. The van der Waals surface area contributed by atoms with Crippen molar-refractivity contribution in [1.29, 1.82) is 0 Å². The Morgan fingerprint density at radius 1 is 1.23 bits per heavy atom. The number of rotatable bonds is 9. The summed E-state index contributed by atoms with van der Waals surface area (Å²) in [5.74, 6) is -0.262. The molecule has 3 rings (SSSR count). The topological polar surface area (TPSA) is 99.0 Å². The molecular formula is C20H20FN5O3S. The van der Waals surface area contributed by atoms with Gasteiger partial charge in [-0.15, -0.1) is 5.10 Å². The number of aromatic nitrogens is 4. The molecule has 2 aromatic carbocycles. The zero-order valence-corrected chi connectivity index (χ0v) is 17.3. The Bertz CT molecular complexity index is 1060. The maximum absolute atomic E-state index is 14.3. The van der Waals surface area contributed by atoms with E-state index in [4.69, 9.17) is 4.74 Å². The summed E-state index contributed by atoms with van der Waals surface area (Å²) in [7, 11) is 1.55. The van der Waals surface area contributed by atoms with Gasteiger partial charge in [-0.1, -0.05) is 36.0 Å². The smallest absolute Gasteiger partial charge is 0.216 e. The Labute approximate surface area is 176 Å². The Kier molecular flexibility index (Phi) is 7.12. The lowest BCUT2D eigenvalue weighted by molar-refractivity contribution is -0.118. The van der Waals surface area contributed by atoms with Gasteiger partial charge in [-0.25, -0.2) is 4.39 Å². The molecule has 0 bridgehead atoms. The number of amides is 1. The second-order valence-electron chi connectivity index (χ2n) is 6.30. The molecule has 10 heteroatoms. The van der Waals surface area contributed by atoms with E-state index in [1.54, 1.807) is 31.4 Å². The van der Waals surface area contributed by atoms with Crippen LogP contribution in [-0.2, 0) is 11.2 Å². The van der Waals surface area contributed by atoms with E-state index in [-0.39, 0.29) is 23.0 Å². The van der Waals surface area contributed by atoms with Gasteiger partial charge in [0.25, 0.3) is 0 Å². The van der Waals surface area contributed by atoms with E-state index in [9.17, 15) is 14.0 Å². The number of tetrazole rings is 1. The van der Waals surface area contributed by atoms with Crippen molar-refractivity contribution in [1.82, 2.24) is 25.5 Å². The third kappa shape index (κ3) is 5.20. The number of nitrogens with one attached hydrogen (secondary N) is 1. The molecule has 0 unspecified atom stereocenters. The van der Waals surface area contributed by atoms with Gasteiger partial charge in [-0.05, 0) is 40.6 Å². The summed E-state index contributed by atoms with van der Waals surface area (Å²) in [6.07, 6.45) is 0.350. The summed E-state index contributed by atoms with van der Waals surface area (Å²) in [6, 6.07) is 11.6. The fourth-order valence-electron chi connectivity index (χ4n) is 2.73. The van der Waals surface area contributed by atoms with Gasteiger partial charge in [0.1, 0.15) is 17.3 Å². The number of methoxy groups -OCH3 is 1. The number of Topliss-reactive ketones (excluding diaryl/α,β-unsaturated/α-hetero) is 1. The quantitative estimate of drug-likeness (QED) is 0.412. The molecule has 0 spiro atoms. The maximum Gasteiger partial charge on any atom is 0.216 e. The molecular weight excluding hydrogens is 409 g/mol. The molecule has 1 aromatic heterocycles. The van der Waals surface area contributed by atoms with Gasteiger partial charge >= 0.3 is 0 Å². The van der Waals surface area contributed by atoms with Crippen molar-refractivity contribution in [3.8, 4) is 11.4 Å². The van der Waals surface area contributed by atoms with Crippen LogP contribution in [0.4, 0.5) is 4.39 Å². The first-order valence-corrected chi connectivity index (χ1v) is 10.1. The van der Waals surface area contributed by atoms with Crippen LogP contribution in [-0.4, -0.2) is 51.3 Å². The fourth-order valence-corrected chi connectivity index (χ4v) is 3.51. The van der Waals surface area contributed by atoms with E-state index >= 15 is 0 Å². The number of thioether (sulfide) groups is 1. The maximum atomic E-state index is 14.3. The van der Waals surface area contributed by atoms with Crippen molar-refractivity contribution in [2.45, 2.75) is 18.5 Å². The number of ketones is 1. The number of carbonyl (C=O) groups excluding carboxylic acids is 2. The first kappa shape index (κ1) is 21.4. The minimum atomic E-state index is -0.477. The predicted molar refractivity (Wildman–Crippen MR) is 110 cm³/mol. The Hall–Kier alpha value is -3.27. The molecule has 0 aliphatic heterocycles. The number of benzene rings is 2. The highest BCUT2D eigenvalue weighted by atomic mass is 32.2. The van der Waals surface area contributed by atoms with Crippen molar-refractivity contribution in [3.63, 3.8) is 0 Å². The number of carbonyl (C=O) groups is 2. The van der Waals surface area contributed by atoms with Crippen LogP contribution in [0.1, 0.15) is 22.8 Å². The van der Waals surface area contributed by atoms with Crippen LogP contribution in [0.25, 0.3) is 5.69 Å². The van der Waals surface area contributed by atoms with Crippen LogP contribution in [0.2, 0.25) is 0 Å². The Balaban J connectivity index is 1.66. The van der Waals surface area contributed by atoms with Gasteiger partial charge in [-0.3, -0.25) is 9.59 Å². The fraction of sp³-hybridized carbons (Fsp3) is 0.250. The minimum absolute atomic E-state index is 0.0419. The molecule has 0 aliphatic rings. The monoisotopic (exact) mass is 429 g/mol. The number of hydrogen-bond donors (Lipinski definition) is 1. The molecule has 8 nitrogen and oxygen atoms in total. The Morgan fingerprint density at radius 2 is 2.03 bits per heavy atom. The van der Waals surface area contributed by atoms with Crippen LogP contribution < -0.4 is 10.1 Å². The lowest BCUT2D eigenvalue weighted by Gasteiger charge is -2.09. The van der Waals surface area contributed by atoms with Crippen LogP contribution in [0.15, 0.2) is 47.6 Å². The highest BCUT2D eigenvalue weighted by Gasteiger charge is 2.16. The zero-order chi connectivity index (χ0) is 21.5. The van der Waals surface area contributed by atoms with Gasteiger partial charge in [0.2, 0.25) is 11.1 Å². The largest absolute Gasteiger partial charge is 0.494 e. The van der Waals surface area contributed by atoms with Gasteiger partial charge in [-0.2, -0.15) is 4.68 Å². The van der Waals surface area contributed by atoms with Crippen LogP contribution in [0.3, 0.4) is 0 Å². The van der Waals surface area contributed by atoms with E-state index in [1.807, 2.05) is 12.1 Å². The highest BCUT2D eigenvalue weighted by Crippen LogP contribution is 2.26. The summed E-state index contributed by atoms with van der Waals surface area (Å²) in [4.78, 5) is 23.4. The summed E-state index contributed by atoms with van der Waals surface area (Å²) < 4.78 is 21.1. The van der Waals surface area contributed by atoms with Crippen molar-refractivity contribution >= 4 is 23.5 Å². The van der Waals surface area contributed by atoms with Crippen LogP contribution in [0.5, 0.6) is 5.75 Å². The van der Waals surface area contributed by atoms with Gasteiger partial charge in [0.05, 0.1) is 12.9 Å². The standard InChI is InChI=1S/C20H20FN5O3S/c1-13(27)22-10-9-14-7-8-15(11-16(14)21)18(28)12-30-20-23-24-25-26(20)17-5-3-4-6-19(17)29-2/h3-8,11H,9-10,12H2,1-2H3,(H,22,27). The Morgan fingerprint density at radius 3 is 2.77 bits per heavy atom. The lowest BCUT2D eigenvalue weighted by atomic mass is 10.1. The number of para-hydroxylation sites is 2. The molecule has 30 heavy (non-hydrogen) atoms. The van der Waals surface area contributed by atoms with E-state index in [1.165, 1.54) is 17.7 Å². The van der Waals surface area contributed by atoms with E-state index < -0.39 is 5.82 Å². The average Bonchev–Trinajstić information content (AvgIpc) is 3.21. The predicted octanol–water partition coefficient (Wildman–Crippen LogP) is 2.46. The van der Waals surface area contributed by atoms with Crippen molar-refractivity contribution in [2.24, 2.45) is 0 Å². The van der Waals surface area contributed by atoms with Gasteiger partial charge in [0, 0.05) is 19.0 Å². The van der Waals surface area contributed by atoms with Gasteiger partial charge < -0.3 is 10.1 Å². The second kappa shape index (κ2) is 9.97. The molecule has 1 heterocycles. The second-order valence-corrected chi connectivity index (χ2v) is 7.24. The molecule has 0 radical (unpaired) electrons. The minimum Gasteiger partial charge on any atom is -0.494 e. The summed E-state index contributed by atoms with van der Waals surface area (Å²) >= 11 is 1.15. The number of nitrogens with zero attached hydrogens (tertiary/aromatic N) is 4. The van der Waals surface area contributed by atoms with Crippen LogP contribution >= 0.6 is 11.8 Å². The van der Waals surface area contributed by atoms with E-state index in [0.29, 0.717) is 35.1 Å². The molecule has 156 valence electrons. The summed E-state index contributed by atoms with van der Waals surface area (Å²) in [6.45, 7) is 1.74. The first-order valence-electron chi connectivity index (χ1n) is 9.10. The molecule has 3 aromatic rings. The normalized spacial score (nSPS) is 10.6. The lowest BCUT2D eigenvalue weighted by Crippen LogP contribution is -2.22. The van der Waals surface area contributed by atoms with E-state index in [0.717, 1.165) is 11.8 Å². The molecule has 1 N–H and O–H groups in total. The summed E-state index contributed by atoms with van der Waals surface area (Å²) in [5, 5.41) is 14.6. The molecule has 1 amide bonds. The SMILES string of the molecule is COc1ccccc1-n1nnnc1SCC(=O)c1ccc(CCNC(C)=O)c(F)c1. The van der Waals surface area contributed by atoms with Crippen LogP contribution in [0, 0.1) is 5.82 Å². The molecule has 0 fully saturated rings. The average molecular weight is 429 g/mol. The van der Waals surface area contributed by atoms with Gasteiger partial charge in [0.15, 0.2) is 5.78 Å². The van der Waals surface area contributed by atoms with Crippen molar-refractivity contribution < 1.29 is 18.7 Å². The summed E-state index contributed by atoms with van der Waals surface area (Å²) in [5.41, 5.74) is 1.35. The molecule has 0 saturated heterocycles. The van der Waals surface area contributed by atoms with E-state index in [2.05, 4.69) is 20.8 Å². The molecule has 0 atom stereocenters. The third-order valence-corrected chi connectivity index (χ3v) is 5.15. The zero-order valence-electron chi connectivity index (χ0n) is 16.5. The number of ether oxygens (including phenoxy) is 1. The number of halogens is 1. The molecule has 0 aliphatic carbocycles. The first-order chi connectivity index (χ1) is 14.5.